The second-order valence-corrected chi connectivity index (χ2v) is 5.09. The summed E-state index contributed by atoms with van der Waals surface area (Å²) in [4.78, 5) is 29.7. The molecule has 1 amide bonds. The molecule has 2 aliphatic heterocycles. The summed E-state index contributed by atoms with van der Waals surface area (Å²) in [5.41, 5.74) is 0.733. The number of fused-ring (bicyclic) bond motifs is 1. The highest BCUT2D eigenvalue weighted by atomic mass is 32.2. The Kier molecular flexibility index (Phi) is 2.86. The van der Waals surface area contributed by atoms with Crippen LogP contribution in [-0.4, -0.2) is 40.0 Å². The van der Waals surface area contributed by atoms with Crippen LogP contribution >= 0.6 is 11.8 Å². The van der Waals surface area contributed by atoms with Crippen LogP contribution in [-0.2, 0) is 4.79 Å². The van der Waals surface area contributed by atoms with Crippen molar-refractivity contribution in [3.05, 3.63) is 34.4 Å². The fourth-order valence-electron chi connectivity index (χ4n) is 1.99. The zero-order chi connectivity index (χ0) is 13.4. The number of rotatable bonds is 2. The molecule has 8 heteroatoms. The van der Waals surface area contributed by atoms with E-state index in [0.717, 1.165) is 5.17 Å². The minimum atomic E-state index is -0.432. The molecule has 0 aliphatic carbocycles. The van der Waals surface area contributed by atoms with Crippen molar-refractivity contribution in [3.63, 3.8) is 0 Å². The molecule has 0 unspecified atom stereocenters. The number of nitro benzene ring substituents is 1. The number of anilines is 1. The third kappa shape index (κ3) is 2.14. The fourth-order valence-corrected chi connectivity index (χ4v) is 2.86. The second kappa shape index (κ2) is 4.54. The Bertz CT molecular complexity index is 589. The first kappa shape index (κ1) is 12.0. The second-order valence-electron chi connectivity index (χ2n) is 4.15. The number of carbonyl (C=O) groups excluding carboxylic acids is 1. The first-order valence-electron chi connectivity index (χ1n) is 5.62. The van der Waals surface area contributed by atoms with Crippen molar-refractivity contribution in [1.82, 2.24) is 4.90 Å². The van der Waals surface area contributed by atoms with Crippen molar-refractivity contribution in [3.8, 4) is 0 Å². The maximum atomic E-state index is 11.6. The predicted octanol–water partition coefficient (Wildman–Crippen LogP) is 1.26. The molecular weight excluding hydrogens is 268 g/mol. The van der Waals surface area contributed by atoms with E-state index in [2.05, 4.69) is 4.99 Å². The highest BCUT2D eigenvalue weighted by molar-refractivity contribution is 8.15. The number of hydrogen-bond donors (Lipinski definition) is 0. The predicted molar refractivity (Wildman–Crippen MR) is 72.0 cm³/mol. The molecule has 1 fully saturated rings. The molecular formula is C11H10N4O3S. The highest BCUT2D eigenvalue weighted by Gasteiger charge is 2.32. The van der Waals surface area contributed by atoms with Gasteiger partial charge in [0.05, 0.1) is 10.7 Å². The summed E-state index contributed by atoms with van der Waals surface area (Å²) >= 11 is 1.43. The minimum absolute atomic E-state index is 0.0267. The molecule has 19 heavy (non-hydrogen) atoms. The number of carbonyl (C=O) groups is 1. The standard InChI is InChI=1S/C11H10N4O3S/c16-10-5-19-11-12-6-13(7-14(10)11)8-2-1-3-9(4-8)15(17)18/h1-4H,5-7H2. The number of aliphatic imine (C=N–C) groups is 1. The van der Waals surface area contributed by atoms with Gasteiger partial charge in [-0.25, -0.2) is 4.99 Å². The number of nitro groups is 1. The molecule has 2 heterocycles. The number of benzene rings is 1. The average Bonchev–Trinajstić information content (AvgIpc) is 2.80. The maximum absolute atomic E-state index is 11.6. The van der Waals surface area contributed by atoms with Crippen molar-refractivity contribution >= 4 is 34.2 Å². The van der Waals surface area contributed by atoms with Crippen LogP contribution in [0.1, 0.15) is 0 Å². The van der Waals surface area contributed by atoms with Crippen LogP contribution in [0.2, 0.25) is 0 Å². The van der Waals surface area contributed by atoms with Crippen molar-refractivity contribution in [2.75, 3.05) is 24.0 Å². The molecule has 1 aromatic rings. The highest BCUT2D eigenvalue weighted by Crippen LogP contribution is 2.27. The first-order valence-corrected chi connectivity index (χ1v) is 6.61. The van der Waals surface area contributed by atoms with E-state index in [4.69, 9.17) is 0 Å². The summed E-state index contributed by atoms with van der Waals surface area (Å²) in [6.07, 6.45) is 0. The molecule has 1 saturated heterocycles. The van der Waals surface area contributed by atoms with E-state index in [0.29, 0.717) is 24.8 Å². The normalized spacial score (nSPS) is 18.3. The van der Waals surface area contributed by atoms with Gasteiger partial charge in [-0.1, -0.05) is 17.8 Å². The van der Waals surface area contributed by atoms with Gasteiger partial charge in [0.1, 0.15) is 13.3 Å². The molecule has 0 spiro atoms. The van der Waals surface area contributed by atoms with Crippen LogP contribution in [0.15, 0.2) is 29.3 Å². The van der Waals surface area contributed by atoms with Gasteiger partial charge >= 0.3 is 0 Å². The quantitative estimate of drug-likeness (QED) is 0.601. The molecule has 98 valence electrons. The molecule has 0 aromatic heterocycles. The fraction of sp³-hybridized carbons (Fsp3) is 0.273. The SMILES string of the molecule is O=C1CSC2=NCN(c3cccc([N+](=O)[O-])c3)CN12. The largest absolute Gasteiger partial charge is 0.333 e. The number of non-ortho nitro benzene ring substituents is 1. The lowest BCUT2D eigenvalue weighted by molar-refractivity contribution is -0.384. The molecule has 3 rings (SSSR count). The lowest BCUT2D eigenvalue weighted by Crippen LogP contribution is -2.45. The van der Waals surface area contributed by atoms with Gasteiger partial charge in [-0.15, -0.1) is 0 Å². The van der Waals surface area contributed by atoms with E-state index in [1.807, 2.05) is 4.90 Å². The van der Waals surface area contributed by atoms with E-state index in [9.17, 15) is 14.9 Å². The zero-order valence-electron chi connectivity index (χ0n) is 9.85. The molecule has 0 atom stereocenters. The Labute approximate surface area is 113 Å². The Balaban J connectivity index is 1.86. The Morgan fingerprint density at radius 3 is 3.05 bits per heavy atom. The summed E-state index contributed by atoms with van der Waals surface area (Å²) < 4.78 is 0. The lowest BCUT2D eigenvalue weighted by atomic mass is 10.2. The monoisotopic (exact) mass is 278 g/mol. The van der Waals surface area contributed by atoms with Gasteiger partial charge in [0, 0.05) is 17.8 Å². The molecule has 0 saturated carbocycles. The first-order chi connectivity index (χ1) is 9.15. The summed E-state index contributed by atoms with van der Waals surface area (Å²) in [6, 6.07) is 6.35. The van der Waals surface area contributed by atoms with Gasteiger partial charge in [-0.2, -0.15) is 0 Å². The third-order valence-electron chi connectivity index (χ3n) is 2.95. The van der Waals surface area contributed by atoms with Gasteiger partial charge < -0.3 is 4.90 Å². The summed E-state index contributed by atoms with van der Waals surface area (Å²) in [5, 5.41) is 11.5. The van der Waals surface area contributed by atoms with E-state index in [1.54, 1.807) is 17.0 Å². The van der Waals surface area contributed by atoms with Crippen molar-refractivity contribution in [2.45, 2.75) is 0 Å². The lowest BCUT2D eigenvalue weighted by Gasteiger charge is -2.31. The Hall–Kier alpha value is -2.09. The molecule has 0 radical (unpaired) electrons. The number of nitrogens with zero attached hydrogens (tertiary/aromatic N) is 4. The van der Waals surface area contributed by atoms with Crippen molar-refractivity contribution in [1.29, 1.82) is 0 Å². The van der Waals surface area contributed by atoms with Crippen LogP contribution in [0.3, 0.4) is 0 Å². The van der Waals surface area contributed by atoms with Crippen LogP contribution in [0.25, 0.3) is 0 Å². The van der Waals surface area contributed by atoms with E-state index >= 15 is 0 Å². The number of hydrogen-bond acceptors (Lipinski definition) is 6. The molecule has 0 bridgehead atoms. The maximum Gasteiger partial charge on any atom is 0.271 e. The Morgan fingerprint density at radius 2 is 2.26 bits per heavy atom. The van der Waals surface area contributed by atoms with Crippen molar-refractivity contribution < 1.29 is 9.72 Å². The number of thioether (sulfide) groups is 1. The van der Waals surface area contributed by atoms with Gasteiger partial charge in [-0.05, 0) is 6.07 Å². The Morgan fingerprint density at radius 1 is 1.42 bits per heavy atom. The molecule has 0 N–H and O–H groups in total. The van der Waals surface area contributed by atoms with Crippen LogP contribution in [0.4, 0.5) is 11.4 Å². The molecule has 7 nitrogen and oxygen atoms in total. The van der Waals surface area contributed by atoms with E-state index in [1.165, 1.54) is 23.9 Å². The summed E-state index contributed by atoms with van der Waals surface area (Å²) in [7, 11) is 0. The minimum Gasteiger partial charge on any atom is -0.333 e. The van der Waals surface area contributed by atoms with Gasteiger partial charge in [0.25, 0.3) is 5.69 Å². The van der Waals surface area contributed by atoms with Crippen LogP contribution < -0.4 is 4.90 Å². The summed E-state index contributed by atoms with van der Waals surface area (Å²) in [5.74, 6) is 0.445. The molecule has 1 aromatic carbocycles. The average molecular weight is 278 g/mol. The van der Waals surface area contributed by atoms with Gasteiger partial charge in [-0.3, -0.25) is 19.8 Å². The van der Waals surface area contributed by atoms with Crippen molar-refractivity contribution in [2.24, 2.45) is 4.99 Å². The number of amidine groups is 1. The topological polar surface area (TPSA) is 79.0 Å². The van der Waals surface area contributed by atoms with Crippen LogP contribution in [0.5, 0.6) is 0 Å². The number of amides is 1. The van der Waals surface area contributed by atoms with E-state index in [-0.39, 0.29) is 11.6 Å². The zero-order valence-corrected chi connectivity index (χ0v) is 10.7. The molecule has 2 aliphatic rings. The summed E-state index contributed by atoms with van der Waals surface area (Å²) in [6.45, 7) is 0.805. The van der Waals surface area contributed by atoms with Crippen LogP contribution in [0, 0.1) is 10.1 Å². The third-order valence-corrected chi connectivity index (χ3v) is 3.95. The van der Waals surface area contributed by atoms with E-state index < -0.39 is 4.92 Å². The van der Waals surface area contributed by atoms with Gasteiger partial charge in [0.15, 0.2) is 5.17 Å². The smallest absolute Gasteiger partial charge is 0.271 e. The van der Waals surface area contributed by atoms with Gasteiger partial charge in [0.2, 0.25) is 5.91 Å².